The number of carboxylic acids is 1. The second-order valence-corrected chi connectivity index (χ2v) is 3.90. The number of hydrogen-bond acceptors (Lipinski definition) is 4. The van der Waals surface area contributed by atoms with Gasteiger partial charge in [-0.3, -0.25) is 9.78 Å². The fourth-order valence-electron chi connectivity index (χ4n) is 1.74. The first-order chi connectivity index (χ1) is 7.66. The highest BCUT2D eigenvalue weighted by atomic mass is 16.5. The molecular weight excluding hydrogens is 208 g/mol. The van der Waals surface area contributed by atoms with Crippen molar-refractivity contribution >= 4 is 5.97 Å². The van der Waals surface area contributed by atoms with Crippen LogP contribution in [-0.4, -0.2) is 28.7 Å². The van der Waals surface area contributed by atoms with Crippen molar-refractivity contribution < 1.29 is 14.6 Å². The number of carbonyl (C=O) groups is 1. The van der Waals surface area contributed by atoms with Crippen molar-refractivity contribution in [1.29, 1.82) is 0 Å². The number of hydrogen-bond donors (Lipinski definition) is 2. The monoisotopic (exact) mass is 222 g/mol. The van der Waals surface area contributed by atoms with Crippen LogP contribution in [0.15, 0.2) is 12.3 Å². The highest BCUT2D eigenvalue weighted by Crippen LogP contribution is 2.16. The Morgan fingerprint density at radius 1 is 1.69 bits per heavy atom. The van der Waals surface area contributed by atoms with E-state index in [0.29, 0.717) is 19.6 Å². The van der Waals surface area contributed by atoms with Gasteiger partial charge in [0.2, 0.25) is 0 Å². The van der Waals surface area contributed by atoms with Gasteiger partial charge in [-0.05, 0) is 17.5 Å². The molecule has 16 heavy (non-hydrogen) atoms. The molecule has 0 bridgehead atoms. The lowest BCUT2D eigenvalue weighted by Gasteiger charge is -2.16. The van der Waals surface area contributed by atoms with Crippen LogP contribution in [0.5, 0.6) is 0 Å². The molecule has 0 saturated carbocycles. The Bertz CT molecular complexity index is 406. The maximum Gasteiger partial charge on any atom is 0.320 e. The minimum atomic E-state index is -0.992. The molecule has 1 unspecified atom stereocenters. The summed E-state index contributed by atoms with van der Waals surface area (Å²) in [6.45, 7) is 1.26. The van der Waals surface area contributed by atoms with Gasteiger partial charge in [0, 0.05) is 18.3 Å². The number of aliphatic carboxylic acids is 1. The lowest BCUT2D eigenvalue weighted by Crippen LogP contribution is -2.32. The van der Waals surface area contributed by atoms with Gasteiger partial charge in [0.1, 0.15) is 6.04 Å². The third kappa shape index (κ3) is 2.37. The van der Waals surface area contributed by atoms with Crippen LogP contribution in [0.3, 0.4) is 0 Å². The third-order valence-electron chi connectivity index (χ3n) is 2.63. The summed E-state index contributed by atoms with van der Waals surface area (Å²) < 4.78 is 5.32. The summed E-state index contributed by atoms with van der Waals surface area (Å²) in [5.74, 6) is -0.992. The SMILES string of the molecule is NC(Cc1cnc2c(c1)COCC2)C(=O)O. The van der Waals surface area contributed by atoms with Gasteiger partial charge < -0.3 is 15.6 Å². The molecule has 86 valence electrons. The van der Waals surface area contributed by atoms with E-state index in [9.17, 15) is 4.79 Å². The van der Waals surface area contributed by atoms with Gasteiger partial charge in [-0.15, -0.1) is 0 Å². The minimum Gasteiger partial charge on any atom is -0.480 e. The van der Waals surface area contributed by atoms with Crippen LogP contribution < -0.4 is 5.73 Å². The van der Waals surface area contributed by atoms with E-state index in [1.165, 1.54) is 0 Å². The van der Waals surface area contributed by atoms with Crippen molar-refractivity contribution in [3.63, 3.8) is 0 Å². The van der Waals surface area contributed by atoms with E-state index in [4.69, 9.17) is 15.6 Å². The molecule has 0 spiro atoms. The Balaban J connectivity index is 2.14. The normalized spacial score (nSPS) is 16.6. The average Bonchev–Trinajstić information content (AvgIpc) is 2.28. The summed E-state index contributed by atoms with van der Waals surface area (Å²) in [5.41, 5.74) is 8.40. The van der Waals surface area contributed by atoms with Crippen molar-refractivity contribution in [3.8, 4) is 0 Å². The van der Waals surface area contributed by atoms with Crippen molar-refractivity contribution in [1.82, 2.24) is 4.98 Å². The highest BCUT2D eigenvalue weighted by Gasteiger charge is 2.15. The zero-order valence-electron chi connectivity index (χ0n) is 8.85. The van der Waals surface area contributed by atoms with Crippen molar-refractivity contribution in [2.75, 3.05) is 6.61 Å². The van der Waals surface area contributed by atoms with Gasteiger partial charge in [-0.2, -0.15) is 0 Å². The topological polar surface area (TPSA) is 85.4 Å². The van der Waals surface area contributed by atoms with Gasteiger partial charge in [-0.1, -0.05) is 6.07 Å². The lowest BCUT2D eigenvalue weighted by molar-refractivity contribution is -0.138. The number of aromatic nitrogens is 1. The van der Waals surface area contributed by atoms with E-state index < -0.39 is 12.0 Å². The van der Waals surface area contributed by atoms with Crippen molar-refractivity contribution in [2.45, 2.75) is 25.5 Å². The van der Waals surface area contributed by atoms with Gasteiger partial charge in [0.15, 0.2) is 0 Å². The smallest absolute Gasteiger partial charge is 0.320 e. The van der Waals surface area contributed by atoms with Gasteiger partial charge in [0.05, 0.1) is 13.2 Å². The van der Waals surface area contributed by atoms with Crippen molar-refractivity contribution in [2.24, 2.45) is 5.73 Å². The largest absolute Gasteiger partial charge is 0.480 e. The molecule has 1 aliphatic rings. The molecule has 0 saturated heterocycles. The first kappa shape index (κ1) is 11.0. The number of ether oxygens (including phenoxy) is 1. The van der Waals surface area contributed by atoms with Crippen LogP contribution >= 0.6 is 0 Å². The summed E-state index contributed by atoms with van der Waals surface area (Å²) in [6, 6.07) is 1.06. The quantitative estimate of drug-likeness (QED) is 0.758. The molecule has 5 heteroatoms. The Hall–Kier alpha value is -1.46. The van der Waals surface area contributed by atoms with Crippen LogP contribution in [0, 0.1) is 0 Å². The lowest BCUT2D eigenvalue weighted by atomic mass is 10.0. The first-order valence-corrected chi connectivity index (χ1v) is 5.19. The molecule has 2 rings (SSSR count). The van der Waals surface area contributed by atoms with Gasteiger partial charge in [0.25, 0.3) is 0 Å². The second-order valence-electron chi connectivity index (χ2n) is 3.90. The molecule has 1 aromatic heterocycles. The zero-order chi connectivity index (χ0) is 11.5. The van der Waals surface area contributed by atoms with Crippen LogP contribution in [0.25, 0.3) is 0 Å². The van der Waals surface area contributed by atoms with Crippen LogP contribution in [0.2, 0.25) is 0 Å². The number of pyridine rings is 1. The van der Waals surface area contributed by atoms with Gasteiger partial charge in [-0.25, -0.2) is 0 Å². The predicted molar refractivity (Wildman–Crippen MR) is 56.9 cm³/mol. The van der Waals surface area contributed by atoms with Crippen molar-refractivity contribution in [3.05, 3.63) is 29.1 Å². The molecule has 2 heterocycles. The van der Waals surface area contributed by atoms with Crippen LogP contribution in [-0.2, 0) is 29.0 Å². The summed E-state index contributed by atoms with van der Waals surface area (Å²) in [7, 11) is 0. The van der Waals surface area contributed by atoms with E-state index in [0.717, 1.165) is 23.2 Å². The molecule has 3 N–H and O–H groups in total. The number of rotatable bonds is 3. The average molecular weight is 222 g/mol. The Labute approximate surface area is 93.2 Å². The molecule has 1 aliphatic heterocycles. The van der Waals surface area contributed by atoms with E-state index in [1.54, 1.807) is 6.20 Å². The Morgan fingerprint density at radius 3 is 3.25 bits per heavy atom. The minimum absolute atomic E-state index is 0.301. The Morgan fingerprint density at radius 2 is 2.50 bits per heavy atom. The molecule has 5 nitrogen and oxygen atoms in total. The standard InChI is InChI=1S/C11H14N2O3/c12-9(11(14)15)4-7-3-8-6-16-2-1-10(8)13-5-7/h3,5,9H,1-2,4,6,12H2,(H,14,15). The molecule has 0 aliphatic carbocycles. The van der Waals surface area contributed by atoms with Crippen LogP contribution in [0.4, 0.5) is 0 Å². The summed E-state index contributed by atoms with van der Waals surface area (Å²) in [5, 5.41) is 8.71. The summed E-state index contributed by atoms with van der Waals surface area (Å²) >= 11 is 0. The van der Waals surface area contributed by atoms with E-state index in [2.05, 4.69) is 4.98 Å². The molecule has 0 fully saturated rings. The number of nitrogens with two attached hydrogens (primary N) is 1. The first-order valence-electron chi connectivity index (χ1n) is 5.19. The van der Waals surface area contributed by atoms with Crippen LogP contribution in [0.1, 0.15) is 16.8 Å². The molecule has 1 atom stereocenters. The van der Waals surface area contributed by atoms with E-state index in [-0.39, 0.29) is 0 Å². The molecule has 1 aromatic rings. The zero-order valence-corrected chi connectivity index (χ0v) is 8.85. The number of fused-ring (bicyclic) bond motifs is 1. The Kier molecular flexibility index (Phi) is 3.17. The van der Waals surface area contributed by atoms with E-state index >= 15 is 0 Å². The predicted octanol–water partition coefficient (Wildman–Crippen LogP) is 0.109. The number of carboxylic acid groups (broad SMARTS) is 1. The van der Waals surface area contributed by atoms with E-state index in [1.807, 2.05) is 6.07 Å². The third-order valence-corrected chi connectivity index (χ3v) is 2.63. The fraction of sp³-hybridized carbons (Fsp3) is 0.455. The fourth-order valence-corrected chi connectivity index (χ4v) is 1.74. The summed E-state index contributed by atoms with van der Waals surface area (Å²) in [6.07, 6.45) is 2.82. The second kappa shape index (κ2) is 4.59. The molecular formula is C11H14N2O3. The molecule has 0 amide bonds. The number of nitrogens with zero attached hydrogens (tertiary/aromatic N) is 1. The molecule has 0 aromatic carbocycles. The highest BCUT2D eigenvalue weighted by molar-refractivity contribution is 5.73. The summed E-state index contributed by atoms with van der Waals surface area (Å²) in [4.78, 5) is 14.9. The van der Waals surface area contributed by atoms with Gasteiger partial charge >= 0.3 is 5.97 Å². The molecule has 0 radical (unpaired) electrons. The maximum absolute atomic E-state index is 10.6. The maximum atomic E-state index is 10.6.